The minimum atomic E-state index is -0.0855. The fourth-order valence-electron chi connectivity index (χ4n) is 3.22. The number of aryl methyl sites for hydroxylation is 4. The lowest BCUT2D eigenvalue weighted by Gasteiger charge is -2.11. The van der Waals surface area contributed by atoms with Gasteiger partial charge in [-0.25, -0.2) is 4.79 Å². The van der Waals surface area contributed by atoms with Crippen molar-refractivity contribution in [3.05, 3.63) is 64.1 Å². The molecular weight excluding hydrogens is 314 g/mol. The Morgan fingerprint density at radius 3 is 2.16 bits per heavy atom. The number of anilines is 1. The maximum absolute atomic E-state index is 12.6. The van der Waals surface area contributed by atoms with Crippen molar-refractivity contribution in [3.8, 4) is 0 Å². The summed E-state index contributed by atoms with van der Waals surface area (Å²) in [4.78, 5) is 25.0. The molecule has 2 aromatic carbocycles. The molecule has 0 fully saturated rings. The standard InChI is InChI=1S/C20H23N3O2/c1-4-22-16-10-5-6-11-17(16)23(20(22)25)13-12-18(24)21-19-14(2)8-7-9-15(19)3/h5-11H,4,12-13H2,1-3H3,(H,21,24). The number of carbonyl (C=O) groups is 1. The van der Waals surface area contributed by atoms with Crippen LogP contribution in [0.3, 0.4) is 0 Å². The summed E-state index contributed by atoms with van der Waals surface area (Å²) in [7, 11) is 0. The topological polar surface area (TPSA) is 56.0 Å². The number of amides is 1. The maximum atomic E-state index is 12.6. The number of hydrogen-bond donors (Lipinski definition) is 1. The van der Waals surface area contributed by atoms with Crippen molar-refractivity contribution in [2.24, 2.45) is 0 Å². The van der Waals surface area contributed by atoms with Crippen molar-refractivity contribution >= 4 is 22.6 Å². The Kier molecular flexibility index (Phi) is 4.74. The average molecular weight is 337 g/mol. The van der Waals surface area contributed by atoms with Crippen molar-refractivity contribution in [1.82, 2.24) is 9.13 Å². The van der Waals surface area contributed by atoms with Crippen molar-refractivity contribution in [2.45, 2.75) is 40.3 Å². The molecule has 0 aliphatic rings. The van der Waals surface area contributed by atoms with Gasteiger partial charge in [-0.1, -0.05) is 30.3 Å². The summed E-state index contributed by atoms with van der Waals surface area (Å²) in [5.41, 5.74) is 4.64. The van der Waals surface area contributed by atoms with Crippen molar-refractivity contribution in [1.29, 1.82) is 0 Å². The normalized spacial score (nSPS) is 11.0. The summed E-state index contributed by atoms with van der Waals surface area (Å²) in [5.74, 6) is -0.0855. The zero-order valence-electron chi connectivity index (χ0n) is 14.9. The van der Waals surface area contributed by atoms with Crippen LogP contribution in [0.1, 0.15) is 24.5 Å². The van der Waals surface area contributed by atoms with Gasteiger partial charge in [0.2, 0.25) is 5.91 Å². The van der Waals surface area contributed by atoms with E-state index in [1.165, 1.54) is 0 Å². The van der Waals surface area contributed by atoms with E-state index in [-0.39, 0.29) is 18.0 Å². The lowest BCUT2D eigenvalue weighted by molar-refractivity contribution is -0.116. The van der Waals surface area contributed by atoms with E-state index in [1.807, 2.05) is 63.2 Å². The second-order valence-corrected chi connectivity index (χ2v) is 6.23. The Balaban J connectivity index is 1.80. The monoisotopic (exact) mass is 337 g/mol. The van der Waals surface area contributed by atoms with Crippen LogP contribution in [0, 0.1) is 13.8 Å². The van der Waals surface area contributed by atoms with Gasteiger partial charge in [-0.15, -0.1) is 0 Å². The second-order valence-electron chi connectivity index (χ2n) is 6.23. The van der Waals surface area contributed by atoms with Gasteiger partial charge in [0.1, 0.15) is 0 Å². The molecule has 3 rings (SSSR count). The lowest BCUT2D eigenvalue weighted by Crippen LogP contribution is -2.26. The Hall–Kier alpha value is -2.82. The van der Waals surface area contributed by atoms with Crippen LogP contribution >= 0.6 is 0 Å². The number of para-hydroxylation sites is 3. The highest BCUT2D eigenvalue weighted by molar-refractivity contribution is 5.92. The molecule has 25 heavy (non-hydrogen) atoms. The molecule has 3 aromatic rings. The number of rotatable bonds is 5. The molecule has 5 heteroatoms. The summed E-state index contributed by atoms with van der Waals surface area (Å²) in [5, 5.41) is 2.98. The third kappa shape index (κ3) is 3.22. The number of aromatic nitrogens is 2. The van der Waals surface area contributed by atoms with E-state index in [9.17, 15) is 9.59 Å². The van der Waals surface area contributed by atoms with Crippen LogP contribution in [-0.2, 0) is 17.9 Å². The maximum Gasteiger partial charge on any atom is 0.329 e. The molecule has 1 heterocycles. The zero-order valence-corrected chi connectivity index (χ0v) is 14.9. The number of imidazole rings is 1. The number of fused-ring (bicyclic) bond motifs is 1. The quantitative estimate of drug-likeness (QED) is 0.775. The highest BCUT2D eigenvalue weighted by Crippen LogP contribution is 2.20. The van der Waals surface area contributed by atoms with E-state index < -0.39 is 0 Å². The fourth-order valence-corrected chi connectivity index (χ4v) is 3.22. The molecule has 0 radical (unpaired) electrons. The molecule has 1 aromatic heterocycles. The molecule has 5 nitrogen and oxygen atoms in total. The number of nitrogens with zero attached hydrogens (tertiary/aromatic N) is 2. The Morgan fingerprint density at radius 1 is 0.960 bits per heavy atom. The summed E-state index contributed by atoms with van der Waals surface area (Å²) in [6.07, 6.45) is 0.255. The minimum Gasteiger partial charge on any atom is -0.326 e. The summed E-state index contributed by atoms with van der Waals surface area (Å²) < 4.78 is 3.42. The molecule has 0 aliphatic heterocycles. The van der Waals surface area contributed by atoms with Crippen molar-refractivity contribution in [2.75, 3.05) is 5.32 Å². The minimum absolute atomic E-state index is 0.0661. The number of nitrogens with one attached hydrogen (secondary N) is 1. The van der Waals surface area contributed by atoms with Gasteiger partial charge < -0.3 is 5.32 Å². The van der Waals surface area contributed by atoms with Gasteiger partial charge in [-0.2, -0.15) is 0 Å². The number of carbonyl (C=O) groups excluding carboxylic acids is 1. The van der Waals surface area contributed by atoms with Gasteiger partial charge in [-0.05, 0) is 44.0 Å². The SMILES string of the molecule is CCn1c(=O)n(CCC(=O)Nc2c(C)cccc2C)c2ccccc21. The molecule has 1 amide bonds. The highest BCUT2D eigenvalue weighted by atomic mass is 16.2. The fraction of sp³-hybridized carbons (Fsp3) is 0.300. The van der Waals surface area contributed by atoms with Gasteiger partial charge in [0.05, 0.1) is 11.0 Å². The first-order valence-corrected chi connectivity index (χ1v) is 8.57. The van der Waals surface area contributed by atoms with Crippen LogP contribution in [0.15, 0.2) is 47.3 Å². The molecule has 0 unspecified atom stereocenters. The molecule has 0 spiro atoms. The largest absolute Gasteiger partial charge is 0.329 e. The Labute approximate surface area is 146 Å². The smallest absolute Gasteiger partial charge is 0.326 e. The molecule has 0 bridgehead atoms. The molecule has 0 aliphatic carbocycles. The highest BCUT2D eigenvalue weighted by Gasteiger charge is 2.13. The van der Waals surface area contributed by atoms with Crippen LogP contribution in [-0.4, -0.2) is 15.0 Å². The van der Waals surface area contributed by atoms with E-state index in [1.54, 1.807) is 9.13 Å². The molecular formula is C20H23N3O2. The molecule has 0 atom stereocenters. The Bertz CT molecular complexity index is 962. The van der Waals surface area contributed by atoms with E-state index in [2.05, 4.69) is 5.32 Å². The van der Waals surface area contributed by atoms with E-state index in [4.69, 9.17) is 0 Å². The lowest BCUT2D eigenvalue weighted by atomic mass is 10.1. The summed E-state index contributed by atoms with van der Waals surface area (Å²) in [6, 6.07) is 13.6. The Morgan fingerprint density at radius 2 is 1.56 bits per heavy atom. The second kappa shape index (κ2) is 6.97. The summed E-state index contributed by atoms with van der Waals surface area (Å²) >= 11 is 0. The van der Waals surface area contributed by atoms with Crippen LogP contribution < -0.4 is 11.0 Å². The van der Waals surface area contributed by atoms with Crippen molar-refractivity contribution in [3.63, 3.8) is 0 Å². The van der Waals surface area contributed by atoms with Crippen LogP contribution in [0.5, 0.6) is 0 Å². The van der Waals surface area contributed by atoms with E-state index in [0.717, 1.165) is 27.8 Å². The van der Waals surface area contributed by atoms with Crippen LogP contribution in [0.25, 0.3) is 11.0 Å². The van der Waals surface area contributed by atoms with Gasteiger partial charge in [0.25, 0.3) is 0 Å². The van der Waals surface area contributed by atoms with Gasteiger partial charge in [0.15, 0.2) is 0 Å². The van der Waals surface area contributed by atoms with Crippen LogP contribution in [0.2, 0.25) is 0 Å². The van der Waals surface area contributed by atoms with E-state index >= 15 is 0 Å². The van der Waals surface area contributed by atoms with Gasteiger partial charge in [-0.3, -0.25) is 13.9 Å². The third-order valence-corrected chi connectivity index (χ3v) is 4.55. The number of benzene rings is 2. The first-order valence-electron chi connectivity index (χ1n) is 8.57. The third-order valence-electron chi connectivity index (χ3n) is 4.55. The van der Waals surface area contributed by atoms with Gasteiger partial charge in [0, 0.05) is 25.2 Å². The first-order chi connectivity index (χ1) is 12.0. The first kappa shape index (κ1) is 17.0. The van der Waals surface area contributed by atoms with Crippen LogP contribution in [0.4, 0.5) is 5.69 Å². The average Bonchev–Trinajstić information content (AvgIpc) is 2.87. The molecule has 0 saturated carbocycles. The van der Waals surface area contributed by atoms with E-state index in [0.29, 0.717) is 13.1 Å². The zero-order chi connectivity index (χ0) is 18.0. The van der Waals surface area contributed by atoms with Crippen molar-refractivity contribution < 1.29 is 4.79 Å². The summed E-state index contributed by atoms with van der Waals surface area (Å²) in [6.45, 7) is 6.87. The predicted octanol–water partition coefficient (Wildman–Crippen LogP) is 3.47. The van der Waals surface area contributed by atoms with Gasteiger partial charge >= 0.3 is 5.69 Å². The molecule has 1 N–H and O–H groups in total. The molecule has 130 valence electrons. The predicted molar refractivity (Wildman–Crippen MR) is 101 cm³/mol. The number of hydrogen-bond acceptors (Lipinski definition) is 2. The molecule has 0 saturated heterocycles.